The van der Waals surface area contributed by atoms with E-state index in [-0.39, 0.29) is 24.8 Å². The molecule has 0 unspecified atom stereocenters. The Kier molecular flexibility index (Phi) is 7.34. The van der Waals surface area contributed by atoms with E-state index in [0.717, 1.165) is 44.3 Å². The molecule has 10 heteroatoms. The molecule has 1 amide bonds. The Morgan fingerprint density at radius 3 is 2.40 bits per heavy atom. The number of halogens is 1. The minimum atomic E-state index is -3.61. The normalized spacial score (nSPS) is 28.2. The van der Waals surface area contributed by atoms with Gasteiger partial charge in [0.2, 0.25) is 10.0 Å². The average molecular weight is 525 g/mol. The first-order valence-electron chi connectivity index (χ1n) is 12.9. The van der Waals surface area contributed by atoms with Crippen LogP contribution >= 0.6 is 11.6 Å². The van der Waals surface area contributed by atoms with E-state index in [4.69, 9.17) is 16.3 Å². The zero-order valence-corrected chi connectivity index (χ0v) is 22.3. The topological polar surface area (TPSA) is 73.4 Å². The van der Waals surface area contributed by atoms with Crippen molar-refractivity contribution < 1.29 is 17.9 Å². The molecule has 4 aliphatic heterocycles. The summed E-state index contributed by atoms with van der Waals surface area (Å²) in [5.41, 5.74) is 0.768. The molecule has 0 saturated carbocycles. The summed E-state index contributed by atoms with van der Waals surface area (Å²) in [7, 11) is 0.799. The lowest BCUT2D eigenvalue weighted by atomic mass is 9.94. The predicted octanol–water partition coefficient (Wildman–Crippen LogP) is 3.56. The van der Waals surface area contributed by atoms with Crippen LogP contribution in [0, 0.1) is 0 Å². The largest absolute Gasteiger partial charge is 0.448 e. The second kappa shape index (κ2) is 10.2. The minimum Gasteiger partial charge on any atom is -0.448 e. The highest BCUT2D eigenvalue weighted by molar-refractivity contribution is 7.89. The molecule has 0 bridgehead atoms. The zero-order valence-electron chi connectivity index (χ0n) is 20.7. The lowest BCUT2D eigenvalue weighted by molar-refractivity contribution is 0.0402. The summed E-state index contributed by atoms with van der Waals surface area (Å²) in [6, 6.07) is 5.53. The molecule has 0 N–H and O–H groups in total. The molecule has 2 atom stereocenters. The van der Waals surface area contributed by atoms with Crippen LogP contribution in [-0.2, 0) is 14.8 Å². The molecule has 4 heterocycles. The fraction of sp³-hybridized carbons (Fsp3) is 0.720. The van der Waals surface area contributed by atoms with Gasteiger partial charge in [-0.05, 0) is 95.9 Å². The van der Waals surface area contributed by atoms with Crippen molar-refractivity contribution in [1.29, 1.82) is 0 Å². The number of amides is 1. The highest BCUT2D eigenvalue weighted by atomic mass is 35.5. The molecule has 0 aromatic heterocycles. The minimum absolute atomic E-state index is 0.0890. The van der Waals surface area contributed by atoms with Crippen LogP contribution in [0.15, 0.2) is 23.1 Å². The summed E-state index contributed by atoms with van der Waals surface area (Å²) in [6.45, 7) is 3.74. The van der Waals surface area contributed by atoms with Gasteiger partial charge in [-0.3, -0.25) is 0 Å². The number of hydrogen-bond donors (Lipinski definition) is 0. The monoisotopic (exact) mass is 524 g/mol. The molecule has 8 nitrogen and oxygen atoms in total. The van der Waals surface area contributed by atoms with Crippen LogP contribution in [0.1, 0.15) is 56.6 Å². The molecule has 194 valence electrons. The molecule has 3 fully saturated rings. The number of fused-ring (bicyclic) bond motifs is 3. The summed E-state index contributed by atoms with van der Waals surface area (Å²) in [4.78, 5) is 19.9. The molecule has 3 saturated heterocycles. The van der Waals surface area contributed by atoms with Gasteiger partial charge in [0.25, 0.3) is 0 Å². The van der Waals surface area contributed by atoms with Gasteiger partial charge in [0.05, 0.1) is 17.0 Å². The fourth-order valence-electron chi connectivity index (χ4n) is 6.41. The summed E-state index contributed by atoms with van der Waals surface area (Å²) in [5.74, 6) is 0. The molecule has 0 radical (unpaired) electrons. The van der Waals surface area contributed by atoms with Gasteiger partial charge < -0.3 is 19.4 Å². The van der Waals surface area contributed by atoms with Crippen molar-refractivity contribution in [3.63, 3.8) is 0 Å². The Morgan fingerprint density at radius 1 is 1.06 bits per heavy atom. The number of likely N-dealkylation sites (tertiary alicyclic amines) is 2. The van der Waals surface area contributed by atoms with Crippen molar-refractivity contribution in [3.05, 3.63) is 28.8 Å². The number of carbonyl (C=O) groups is 1. The quantitative estimate of drug-likeness (QED) is 0.599. The predicted molar refractivity (Wildman–Crippen MR) is 135 cm³/mol. The summed E-state index contributed by atoms with van der Waals surface area (Å²) in [5, 5.41) is 0.541. The summed E-state index contributed by atoms with van der Waals surface area (Å²) in [6.07, 6.45) is 6.30. The third kappa shape index (κ3) is 4.94. The van der Waals surface area contributed by atoms with E-state index >= 15 is 0 Å². The highest BCUT2D eigenvalue weighted by Crippen LogP contribution is 2.47. The Balaban J connectivity index is 1.15. The van der Waals surface area contributed by atoms with E-state index in [1.807, 2.05) is 0 Å². The number of hydrogen-bond acceptors (Lipinski definition) is 6. The Bertz CT molecular complexity index is 1040. The lowest BCUT2D eigenvalue weighted by Gasteiger charge is -2.42. The van der Waals surface area contributed by atoms with E-state index in [9.17, 15) is 13.2 Å². The smallest absolute Gasteiger partial charge is 0.409 e. The highest BCUT2D eigenvalue weighted by Gasteiger charge is 2.48. The SMILES string of the molecule is CN1CCC(N(C)C2CCN(C(=O)OC[C@H]3CCC[C@H]4c5cc(Cl)ccc5S(=O)(=O)N34)CC2)CC1. The molecular formula is C25H37ClN4O4S. The Morgan fingerprint density at radius 2 is 1.71 bits per heavy atom. The van der Waals surface area contributed by atoms with Crippen LogP contribution < -0.4 is 0 Å². The van der Waals surface area contributed by atoms with Crippen LogP contribution in [0.4, 0.5) is 4.79 Å². The second-order valence-corrected chi connectivity index (χ2v) is 12.9. The number of sulfonamides is 1. The van der Waals surface area contributed by atoms with Gasteiger partial charge >= 0.3 is 6.09 Å². The van der Waals surface area contributed by atoms with Crippen LogP contribution in [0.2, 0.25) is 5.02 Å². The van der Waals surface area contributed by atoms with Crippen molar-refractivity contribution in [2.24, 2.45) is 0 Å². The number of nitrogens with zero attached hydrogens (tertiary/aromatic N) is 4. The first kappa shape index (κ1) is 25.3. The third-order valence-corrected chi connectivity index (χ3v) is 10.8. The van der Waals surface area contributed by atoms with Gasteiger partial charge in [-0.1, -0.05) is 11.6 Å². The first-order valence-corrected chi connectivity index (χ1v) is 14.7. The maximum absolute atomic E-state index is 13.3. The third-order valence-electron chi connectivity index (χ3n) is 8.53. The molecule has 4 aliphatic rings. The van der Waals surface area contributed by atoms with E-state index in [1.165, 1.54) is 12.8 Å². The summed E-state index contributed by atoms with van der Waals surface area (Å²) < 4.78 is 33.8. The van der Waals surface area contributed by atoms with Crippen LogP contribution in [-0.4, -0.2) is 98.5 Å². The van der Waals surface area contributed by atoms with Crippen molar-refractivity contribution >= 4 is 27.7 Å². The number of piperidine rings is 3. The Hall–Kier alpha value is -1.39. The maximum atomic E-state index is 13.3. The van der Waals surface area contributed by atoms with E-state index < -0.39 is 10.0 Å². The zero-order chi connectivity index (χ0) is 24.7. The van der Waals surface area contributed by atoms with Crippen molar-refractivity contribution in [3.8, 4) is 0 Å². The standard InChI is InChI=1S/C25H37ClN4O4S/c1-27-12-8-19(9-13-27)28(2)20-10-14-29(15-11-20)25(31)34-17-21-4-3-5-23-22-16-18(26)6-7-24(22)35(32,33)30(21)23/h6-7,16,19-21,23H,3-5,8-15,17H2,1-2H3/t21-,23+/m1/s1. The molecule has 5 rings (SSSR count). The van der Waals surface area contributed by atoms with Gasteiger partial charge in [0, 0.05) is 30.2 Å². The summed E-state index contributed by atoms with van der Waals surface area (Å²) >= 11 is 6.16. The van der Waals surface area contributed by atoms with Gasteiger partial charge in [-0.2, -0.15) is 4.31 Å². The molecule has 1 aromatic carbocycles. The lowest BCUT2D eigenvalue weighted by Crippen LogP contribution is -2.51. The fourth-order valence-corrected chi connectivity index (χ4v) is 8.67. The number of carbonyl (C=O) groups excluding carboxylic acids is 1. The number of rotatable bonds is 4. The van der Waals surface area contributed by atoms with E-state index in [2.05, 4.69) is 23.9 Å². The van der Waals surface area contributed by atoms with Crippen LogP contribution in [0.5, 0.6) is 0 Å². The van der Waals surface area contributed by atoms with Crippen molar-refractivity contribution in [2.45, 2.75) is 74.0 Å². The molecule has 0 aliphatic carbocycles. The number of benzene rings is 1. The molecule has 0 spiro atoms. The molecule has 1 aromatic rings. The maximum Gasteiger partial charge on any atom is 0.409 e. The molecular weight excluding hydrogens is 488 g/mol. The van der Waals surface area contributed by atoms with E-state index in [0.29, 0.717) is 41.5 Å². The van der Waals surface area contributed by atoms with Gasteiger partial charge in [-0.15, -0.1) is 0 Å². The first-order chi connectivity index (χ1) is 16.8. The van der Waals surface area contributed by atoms with Crippen LogP contribution in [0.3, 0.4) is 0 Å². The van der Waals surface area contributed by atoms with Crippen molar-refractivity contribution in [1.82, 2.24) is 19.0 Å². The van der Waals surface area contributed by atoms with E-state index in [1.54, 1.807) is 27.4 Å². The Labute approximate surface area is 214 Å². The second-order valence-electron chi connectivity index (χ2n) is 10.6. The van der Waals surface area contributed by atoms with Gasteiger partial charge in [0.1, 0.15) is 6.61 Å². The average Bonchev–Trinajstić information content (AvgIpc) is 3.09. The van der Waals surface area contributed by atoms with Crippen LogP contribution in [0.25, 0.3) is 0 Å². The van der Waals surface area contributed by atoms with Gasteiger partial charge in [0.15, 0.2) is 0 Å². The van der Waals surface area contributed by atoms with Gasteiger partial charge in [-0.25, -0.2) is 13.2 Å². The van der Waals surface area contributed by atoms with Crippen molar-refractivity contribution in [2.75, 3.05) is 46.9 Å². The number of ether oxygens (including phenoxy) is 1. The molecule has 35 heavy (non-hydrogen) atoms.